The Hall–Kier alpha value is -2.51. The summed E-state index contributed by atoms with van der Waals surface area (Å²) in [6.45, 7) is 4.03. The van der Waals surface area contributed by atoms with Crippen LogP contribution < -0.4 is 5.73 Å². The van der Waals surface area contributed by atoms with Crippen molar-refractivity contribution in [3.05, 3.63) is 35.3 Å². The van der Waals surface area contributed by atoms with Gasteiger partial charge in [-0.3, -0.25) is 4.57 Å². The average Bonchev–Trinajstić information content (AvgIpc) is 2.87. The molecular weight excluding hydrogens is 283 g/mol. The lowest BCUT2D eigenvalue weighted by Gasteiger charge is -2.10. The summed E-state index contributed by atoms with van der Waals surface area (Å²) < 4.78 is 43.7. The second-order valence-electron chi connectivity index (χ2n) is 4.60. The highest BCUT2D eigenvalue weighted by Gasteiger charge is 2.23. The van der Waals surface area contributed by atoms with E-state index in [1.165, 1.54) is 4.68 Å². The van der Waals surface area contributed by atoms with Gasteiger partial charge in [0.15, 0.2) is 17.3 Å². The van der Waals surface area contributed by atoms with Crippen molar-refractivity contribution < 1.29 is 13.2 Å². The van der Waals surface area contributed by atoms with Crippen LogP contribution in [0.3, 0.4) is 0 Å². The Balaban J connectivity index is 2.43. The predicted molar refractivity (Wildman–Crippen MR) is 71.6 cm³/mol. The summed E-state index contributed by atoms with van der Waals surface area (Å²) in [5.41, 5.74) is 6.74. The van der Waals surface area contributed by atoms with Crippen molar-refractivity contribution in [1.82, 2.24) is 19.3 Å². The molecule has 3 aromatic rings. The molecule has 5 nitrogen and oxygen atoms in total. The number of nitrogen functional groups attached to an aromatic ring is 1. The SMILES string of the molecule is CCn1nc(C)c2nc(N)n(-c3c(F)cc(F)cc3F)c21. The molecule has 0 saturated heterocycles. The molecule has 8 heteroatoms. The number of hydrogen-bond donors (Lipinski definition) is 1. The summed E-state index contributed by atoms with van der Waals surface area (Å²) in [4.78, 5) is 4.09. The van der Waals surface area contributed by atoms with Crippen LogP contribution in [-0.4, -0.2) is 19.3 Å². The van der Waals surface area contributed by atoms with Gasteiger partial charge in [-0.25, -0.2) is 22.8 Å². The molecule has 0 unspecified atom stereocenters. The molecule has 2 heterocycles. The van der Waals surface area contributed by atoms with Gasteiger partial charge in [-0.1, -0.05) is 0 Å². The van der Waals surface area contributed by atoms with Crippen molar-refractivity contribution in [3.63, 3.8) is 0 Å². The molecule has 0 radical (unpaired) electrons. The molecule has 21 heavy (non-hydrogen) atoms. The molecule has 2 N–H and O–H groups in total. The molecule has 0 fully saturated rings. The van der Waals surface area contributed by atoms with Gasteiger partial charge in [-0.15, -0.1) is 0 Å². The molecule has 110 valence electrons. The zero-order chi connectivity index (χ0) is 15.3. The van der Waals surface area contributed by atoms with Crippen LogP contribution in [0.5, 0.6) is 0 Å². The first-order valence-corrected chi connectivity index (χ1v) is 6.30. The van der Waals surface area contributed by atoms with Crippen LogP contribution in [0.15, 0.2) is 12.1 Å². The van der Waals surface area contributed by atoms with E-state index < -0.39 is 23.1 Å². The normalized spacial score (nSPS) is 11.5. The van der Waals surface area contributed by atoms with Gasteiger partial charge in [0.1, 0.15) is 17.0 Å². The van der Waals surface area contributed by atoms with Gasteiger partial charge in [0.2, 0.25) is 5.95 Å². The first-order chi connectivity index (χ1) is 9.93. The number of benzene rings is 1. The van der Waals surface area contributed by atoms with Gasteiger partial charge in [-0.05, 0) is 13.8 Å². The quantitative estimate of drug-likeness (QED) is 0.790. The van der Waals surface area contributed by atoms with Crippen molar-refractivity contribution in [1.29, 1.82) is 0 Å². The van der Waals surface area contributed by atoms with E-state index in [0.717, 1.165) is 4.57 Å². The van der Waals surface area contributed by atoms with Gasteiger partial charge < -0.3 is 5.73 Å². The number of nitrogens with two attached hydrogens (primary N) is 1. The van der Waals surface area contributed by atoms with Gasteiger partial charge in [0.25, 0.3) is 0 Å². The van der Waals surface area contributed by atoms with Gasteiger partial charge in [0.05, 0.1) is 5.69 Å². The van der Waals surface area contributed by atoms with Crippen molar-refractivity contribution in [2.75, 3.05) is 5.73 Å². The lowest BCUT2D eigenvalue weighted by Crippen LogP contribution is -2.10. The van der Waals surface area contributed by atoms with Gasteiger partial charge in [-0.2, -0.15) is 5.10 Å². The number of hydrogen-bond acceptors (Lipinski definition) is 3. The average molecular weight is 295 g/mol. The van der Waals surface area contributed by atoms with E-state index in [1.807, 2.05) is 6.92 Å². The van der Waals surface area contributed by atoms with E-state index in [-0.39, 0.29) is 5.95 Å². The summed E-state index contributed by atoms with van der Waals surface area (Å²) in [6.07, 6.45) is 0. The monoisotopic (exact) mass is 295 g/mol. The molecule has 0 aliphatic rings. The molecule has 0 aliphatic carbocycles. The maximum absolute atomic E-state index is 14.0. The predicted octanol–water partition coefficient (Wildman–Crippen LogP) is 2.55. The van der Waals surface area contributed by atoms with Crippen LogP contribution in [0.2, 0.25) is 0 Å². The minimum absolute atomic E-state index is 0.0860. The molecule has 0 saturated carbocycles. The van der Waals surface area contributed by atoms with Crippen LogP contribution in [-0.2, 0) is 6.54 Å². The van der Waals surface area contributed by atoms with E-state index in [4.69, 9.17) is 5.73 Å². The Morgan fingerprint density at radius 3 is 2.38 bits per heavy atom. The molecule has 2 aromatic heterocycles. The second kappa shape index (κ2) is 4.51. The highest BCUT2D eigenvalue weighted by molar-refractivity contribution is 5.80. The number of aryl methyl sites for hydroxylation is 2. The third-order valence-electron chi connectivity index (χ3n) is 3.24. The number of fused-ring (bicyclic) bond motifs is 1. The molecule has 1 aromatic carbocycles. The molecule has 3 rings (SSSR count). The smallest absolute Gasteiger partial charge is 0.207 e. The van der Waals surface area contributed by atoms with Crippen LogP contribution in [0.1, 0.15) is 12.6 Å². The zero-order valence-electron chi connectivity index (χ0n) is 11.4. The number of aromatic nitrogens is 4. The third-order valence-corrected chi connectivity index (χ3v) is 3.24. The van der Waals surface area contributed by atoms with Crippen LogP contribution in [0, 0.1) is 24.4 Å². The maximum Gasteiger partial charge on any atom is 0.207 e. The standard InChI is InChI=1S/C13H12F3N5/c1-3-20-12-10(6(2)19-20)18-13(17)21(12)11-8(15)4-7(14)5-9(11)16/h4-5H,3H2,1-2H3,(H2,17,18). The van der Waals surface area contributed by atoms with Crippen molar-refractivity contribution in [2.45, 2.75) is 20.4 Å². The zero-order valence-corrected chi connectivity index (χ0v) is 11.4. The van der Waals surface area contributed by atoms with E-state index in [1.54, 1.807) is 6.92 Å². The first kappa shape index (κ1) is 13.5. The molecule has 0 aliphatic heterocycles. The number of rotatable bonds is 2. The number of imidazole rings is 1. The molecule has 0 atom stereocenters. The number of anilines is 1. The van der Waals surface area contributed by atoms with E-state index in [2.05, 4.69) is 10.1 Å². The van der Waals surface area contributed by atoms with Crippen molar-refractivity contribution in [3.8, 4) is 5.69 Å². The number of nitrogens with zero attached hydrogens (tertiary/aromatic N) is 4. The summed E-state index contributed by atoms with van der Waals surface area (Å²) in [5.74, 6) is -3.19. The Morgan fingerprint density at radius 1 is 1.19 bits per heavy atom. The highest BCUT2D eigenvalue weighted by atomic mass is 19.1. The molecule has 0 amide bonds. The largest absolute Gasteiger partial charge is 0.369 e. The molecular formula is C13H12F3N5. The third kappa shape index (κ3) is 1.86. The van der Waals surface area contributed by atoms with E-state index in [0.29, 0.717) is 35.5 Å². The topological polar surface area (TPSA) is 61.7 Å². The maximum atomic E-state index is 14.0. The summed E-state index contributed by atoms with van der Waals surface area (Å²) >= 11 is 0. The summed E-state index contributed by atoms with van der Waals surface area (Å²) in [6, 6.07) is 1.20. The Labute approximate surface area is 117 Å². The van der Waals surface area contributed by atoms with Crippen molar-refractivity contribution >= 4 is 17.1 Å². The van der Waals surface area contributed by atoms with Gasteiger partial charge >= 0.3 is 0 Å². The fourth-order valence-corrected chi connectivity index (χ4v) is 2.37. The summed E-state index contributed by atoms with van der Waals surface area (Å²) in [7, 11) is 0. The fraction of sp³-hybridized carbons (Fsp3) is 0.231. The lowest BCUT2D eigenvalue weighted by atomic mass is 10.2. The van der Waals surface area contributed by atoms with E-state index >= 15 is 0 Å². The van der Waals surface area contributed by atoms with Crippen LogP contribution in [0.25, 0.3) is 16.9 Å². The second-order valence-corrected chi connectivity index (χ2v) is 4.60. The fourth-order valence-electron chi connectivity index (χ4n) is 2.37. The molecule has 0 spiro atoms. The lowest BCUT2D eigenvalue weighted by molar-refractivity contribution is 0.534. The first-order valence-electron chi connectivity index (χ1n) is 6.30. The van der Waals surface area contributed by atoms with E-state index in [9.17, 15) is 13.2 Å². The Bertz CT molecular complexity index is 826. The van der Waals surface area contributed by atoms with Crippen LogP contribution in [0.4, 0.5) is 19.1 Å². The van der Waals surface area contributed by atoms with Crippen LogP contribution >= 0.6 is 0 Å². The summed E-state index contributed by atoms with van der Waals surface area (Å²) in [5, 5.41) is 4.23. The highest BCUT2D eigenvalue weighted by Crippen LogP contribution is 2.28. The Kier molecular flexibility index (Phi) is 2.89. The number of halogens is 3. The molecule has 0 bridgehead atoms. The Morgan fingerprint density at radius 2 is 1.81 bits per heavy atom. The minimum Gasteiger partial charge on any atom is -0.369 e. The van der Waals surface area contributed by atoms with Crippen molar-refractivity contribution in [2.24, 2.45) is 0 Å². The minimum atomic E-state index is -1.06. The van der Waals surface area contributed by atoms with Gasteiger partial charge in [0, 0.05) is 18.7 Å².